The average molecular weight is 228 g/mol. The van der Waals surface area contributed by atoms with E-state index in [-0.39, 0.29) is 6.42 Å². The van der Waals surface area contributed by atoms with Gasteiger partial charge in [0.05, 0.1) is 16.5 Å². The standard InChI is InChI=1S/C9H6ClNO2S/c10-8-3-5-6(4-9(12)13)11-2-1-7(5)14-8/h1-3H,4H2,(H,12,13). The molecular weight excluding hydrogens is 222 g/mol. The number of halogens is 1. The van der Waals surface area contributed by atoms with Crippen LogP contribution in [0, 0.1) is 0 Å². The van der Waals surface area contributed by atoms with Gasteiger partial charge in [0.25, 0.3) is 0 Å². The molecule has 0 radical (unpaired) electrons. The number of carbonyl (C=O) groups is 1. The highest BCUT2D eigenvalue weighted by Crippen LogP contribution is 2.30. The molecule has 0 aliphatic carbocycles. The molecule has 0 unspecified atom stereocenters. The molecule has 1 N–H and O–H groups in total. The quantitative estimate of drug-likeness (QED) is 0.858. The van der Waals surface area contributed by atoms with Gasteiger partial charge in [-0.05, 0) is 12.1 Å². The summed E-state index contributed by atoms with van der Waals surface area (Å²) in [6.07, 6.45) is 1.54. The van der Waals surface area contributed by atoms with Crippen LogP contribution >= 0.6 is 22.9 Å². The van der Waals surface area contributed by atoms with Crippen LogP contribution < -0.4 is 0 Å². The number of fused-ring (bicyclic) bond motifs is 1. The second kappa shape index (κ2) is 3.55. The van der Waals surface area contributed by atoms with Crippen LogP contribution in [0.2, 0.25) is 4.34 Å². The average Bonchev–Trinajstić information content (AvgIpc) is 2.45. The van der Waals surface area contributed by atoms with E-state index in [1.807, 2.05) is 6.07 Å². The molecule has 0 saturated carbocycles. The van der Waals surface area contributed by atoms with Crippen LogP contribution in [0.25, 0.3) is 10.1 Å². The van der Waals surface area contributed by atoms with Gasteiger partial charge >= 0.3 is 5.97 Å². The van der Waals surface area contributed by atoms with Crippen molar-refractivity contribution in [3.63, 3.8) is 0 Å². The molecule has 2 heterocycles. The van der Waals surface area contributed by atoms with E-state index < -0.39 is 5.97 Å². The highest BCUT2D eigenvalue weighted by molar-refractivity contribution is 7.22. The molecule has 3 nitrogen and oxygen atoms in total. The third-order valence-corrected chi connectivity index (χ3v) is 3.05. The summed E-state index contributed by atoms with van der Waals surface area (Å²) in [5.74, 6) is -0.882. The summed E-state index contributed by atoms with van der Waals surface area (Å²) in [5.41, 5.74) is 0.568. The zero-order valence-electron chi connectivity index (χ0n) is 7.03. The molecule has 0 aromatic carbocycles. The predicted molar refractivity (Wildman–Crippen MR) is 56.0 cm³/mol. The van der Waals surface area contributed by atoms with E-state index in [0.29, 0.717) is 10.0 Å². The van der Waals surface area contributed by atoms with Gasteiger partial charge in [-0.3, -0.25) is 9.78 Å². The third-order valence-electron chi connectivity index (χ3n) is 1.82. The SMILES string of the molecule is O=C(O)Cc1nccc2sc(Cl)cc12. The molecule has 0 aliphatic rings. The maximum absolute atomic E-state index is 10.5. The molecule has 5 heteroatoms. The van der Waals surface area contributed by atoms with Gasteiger partial charge in [0.2, 0.25) is 0 Å². The lowest BCUT2D eigenvalue weighted by Gasteiger charge is -1.96. The summed E-state index contributed by atoms with van der Waals surface area (Å²) < 4.78 is 1.63. The number of rotatable bonds is 2. The summed E-state index contributed by atoms with van der Waals surface area (Å²) in [6.45, 7) is 0. The summed E-state index contributed by atoms with van der Waals surface area (Å²) in [5, 5.41) is 9.50. The monoisotopic (exact) mass is 227 g/mol. The van der Waals surface area contributed by atoms with Gasteiger partial charge in [-0.15, -0.1) is 11.3 Å². The van der Waals surface area contributed by atoms with E-state index in [1.54, 1.807) is 12.3 Å². The lowest BCUT2D eigenvalue weighted by atomic mass is 10.2. The first-order valence-corrected chi connectivity index (χ1v) is 5.11. The van der Waals surface area contributed by atoms with Crippen molar-refractivity contribution in [2.24, 2.45) is 0 Å². The molecule has 0 fully saturated rings. The Bertz CT molecular complexity index is 495. The summed E-state index contributed by atoms with van der Waals surface area (Å²) in [4.78, 5) is 14.6. The Labute approximate surface area is 89.0 Å². The fourth-order valence-electron chi connectivity index (χ4n) is 1.27. The van der Waals surface area contributed by atoms with Crippen molar-refractivity contribution in [1.82, 2.24) is 4.98 Å². The number of thiophene rings is 1. The van der Waals surface area contributed by atoms with Crippen molar-refractivity contribution in [1.29, 1.82) is 0 Å². The van der Waals surface area contributed by atoms with Crippen molar-refractivity contribution in [3.8, 4) is 0 Å². The fourth-order valence-corrected chi connectivity index (χ4v) is 2.43. The number of hydrogen-bond donors (Lipinski definition) is 1. The normalized spacial score (nSPS) is 10.6. The first-order chi connectivity index (χ1) is 6.66. The highest BCUT2D eigenvalue weighted by Gasteiger charge is 2.09. The Balaban J connectivity index is 2.58. The molecule has 0 spiro atoms. The van der Waals surface area contributed by atoms with Gasteiger partial charge in [0.15, 0.2) is 0 Å². The molecule has 0 saturated heterocycles. The molecule has 2 aromatic heterocycles. The molecule has 0 bridgehead atoms. The molecule has 0 amide bonds. The van der Waals surface area contributed by atoms with Crippen molar-refractivity contribution in [2.45, 2.75) is 6.42 Å². The van der Waals surface area contributed by atoms with Crippen molar-refractivity contribution in [2.75, 3.05) is 0 Å². The van der Waals surface area contributed by atoms with E-state index in [2.05, 4.69) is 4.98 Å². The maximum atomic E-state index is 10.5. The van der Waals surface area contributed by atoms with Crippen molar-refractivity contribution < 1.29 is 9.90 Å². The number of carboxylic acid groups (broad SMARTS) is 1. The minimum Gasteiger partial charge on any atom is -0.481 e. The van der Waals surface area contributed by atoms with Gasteiger partial charge in [-0.25, -0.2) is 0 Å². The topological polar surface area (TPSA) is 50.2 Å². The highest BCUT2D eigenvalue weighted by atomic mass is 35.5. The second-order valence-corrected chi connectivity index (χ2v) is 4.51. The zero-order chi connectivity index (χ0) is 10.1. The number of aliphatic carboxylic acids is 1. The lowest BCUT2D eigenvalue weighted by Crippen LogP contribution is -2.02. The van der Waals surface area contributed by atoms with Crippen LogP contribution in [0.5, 0.6) is 0 Å². The van der Waals surface area contributed by atoms with E-state index in [0.717, 1.165) is 10.1 Å². The van der Waals surface area contributed by atoms with E-state index in [9.17, 15) is 4.79 Å². The number of nitrogens with zero attached hydrogens (tertiary/aromatic N) is 1. The van der Waals surface area contributed by atoms with Crippen LogP contribution in [0.1, 0.15) is 5.69 Å². The number of carboxylic acids is 1. The van der Waals surface area contributed by atoms with Crippen LogP contribution in [0.3, 0.4) is 0 Å². The van der Waals surface area contributed by atoms with Crippen LogP contribution in [0.4, 0.5) is 0 Å². The summed E-state index contributed by atoms with van der Waals surface area (Å²) in [7, 11) is 0. The van der Waals surface area contributed by atoms with E-state index in [1.165, 1.54) is 11.3 Å². The molecule has 2 rings (SSSR count). The number of pyridine rings is 1. The zero-order valence-corrected chi connectivity index (χ0v) is 8.60. The summed E-state index contributed by atoms with van der Waals surface area (Å²) >= 11 is 7.26. The van der Waals surface area contributed by atoms with Crippen LogP contribution in [-0.4, -0.2) is 16.1 Å². The molecule has 2 aromatic rings. The lowest BCUT2D eigenvalue weighted by molar-refractivity contribution is -0.136. The van der Waals surface area contributed by atoms with Gasteiger partial charge < -0.3 is 5.11 Å². The van der Waals surface area contributed by atoms with E-state index >= 15 is 0 Å². The third kappa shape index (κ3) is 1.71. The van der Waals surface area contributed by atoms with Gasteiger partial charge in [0.1, 0.15) is 0 Å². The second-order valence-electron chi connectivity index (χ2n) is 2.79. The minimum atomic E-state index is -0.882. The molecule has 0 aliphatic heterocycles. The Morgan fingerprint density at radius 2 is 2.43 bits per heavy atom. The minimum absolute atomic E-state index is 0.0651. The molecule has 14 heavy (non-hydrogen) atoms. The van der Waals surface area contributed by atoms with Crippen molar-refractivity contribution >= 4 is 39.0 Å². The molecule has 72 valence electrons. The van der Waals surface area contributed by atoms with Gasteiger partial charge in [-0.2, -0.15) is 0 Å². The summed E-state index contributed by atoms with van der Waals surface area (Å²) in [6, 6.07) is 3.59. The van der Waals surface area contributed by atoms with Crippen molar-refractivity contribution in [3.05, 3.63) is 28.4 Å². The Morgan fingerprint density at radius 3 is 3.14 bits per heavy atom. The Morgan fingerprint density at radius 1 is 1.64 bits per heavy atom. The molecule has 0 atom stereocenters. The van der Waals surface area contributed by atoms with Gasteiger partial charge in [0, 0.05) is 16.3 Å². The van der Waals surface area contributed by atoms with Crippen LogP contribution in [-0.2, 0) is 11.2 Å². The predicted octanol–water partition coefficient (Wildman–Crippen LogP) is 2.58. The van der Waals surface area contributed by atoms with Gasteiger partial charge in [-0.1, -0.05) is 11.6 Å². The smallest absolute Gasteiger partial charge is 0.309 e. The first-order valence-electron chi connectivity index (χ1n) is 3.91. The fraction of sp³-hybridized carbons (Fsp3) is 0.111. The number of aromatic nitrogens is 1. The van der Waals surface area contributed by atoms with Crippen LogP contribution in [0.15, 0.2) is 18.3 Å². The number of hydrogen-bond acceptors (Lipinski definition) is 3. The largest absolute Gasteiger partial charge is 0.481 e. The first kappa shape index (κ1) is 9.43. The Kier molecular flexibility index (Phi) is 2.39. The van der Waals surface area contributed by atoms with E-state index in [4.69, 9.17) is 16.7 Å². The Hall–Kier alpha value is -1.13. The molecular formula is C9H6ClNO2S. The maximum Gasteiger partial charge on any atom is 0.309 e.